The molecule has 0 bridgehead atoms. The molecule has 2 rings (SSSR count). The second kappa shape index (κ2) is 3.26. The molecule has 0 heterocycles. The van der Waals surface area contributed by atoms with Gasteiger partial charge in [-0.05, 0) is 31.1 Å². The summed E-state index contributed by atoms with van der Waals surface area (Å²) in [7, 11) is 0. The summed E-state index contributed by atoms with van der Waals surface area (Å²) in [6.07, 6.45) is 3.11. The van der Waals surface area contributed by atoms with Gasteiger partial charge in [-0.2, -0.15) is 0 Å². The Morgan fingerprint density at radius 1 is 0.929 bits per heavy atom. The molecule has 2 saturated carbocycles. The van der Waals surface area contributed by atoms with E-state index >= 15 is 0 Å². The fraction of sp³-hybridized carbons (Fsp3) is 0.800. The molecular formula is C10H14O4. The Bertz CT molecular complexity index is 247. The Morgan fingerprint density at radius 2 is 1.36 bits per heavy atom. The van der Waals surface area contributed by atoms with Gasteiger partial charge in [0.1, 0.15) is 0 Å². The predicted molar refractivity (Wildman–Crippen MR) is 47.7 cm³/mol. The van der Waals surface area contributed by atoms with Gasteiger partial charge in [0, 0.05) is 0 Å². The van der Waals surface area contributed by atoms with E-state index in [1.54, 1.807) is 0 Å². The lowest BCUT2D eigenvalue weighted by Gasteiger charge is -2.14. The van der Waals surface area contributed by atoms with Gasteiger partial charge in [-0.15, -0.1) is 0 Å². The lowest BCUT2D eigenvalue weighted by molar-refractivity contribution is -0.143. The molecule has 4 nitrogen and oxygen atoms in total. The number of carboxylic acid groups (broad SMARTS) is 2. The zero-order chi connectivity index (χ0) is 10.3. The minimum atomic E-state index is -0.814. The van der Waals surface area contributed by atoms with Gasteiger partial charge in [-0.25, -0.2) is 0 Å². The summed E-state index contributed by atoms with van der Waals surface area (Å²) in [4.78, 5) is 21.8. The first-order chi connectivity index (χ1) is 6.61. The maximum Gasteiger partial charge on any atom is 0.306 e. The fourth-order valence-corrected chi connectivity index (χ4v) is 3.21. The number of aliphatic carboxylic acids is 2. The minimum Gasteiger partial charge on any atom is -0.481 e. The zero-order valence-electron chi connectivity index (χ0n) is 7.85. The Labute approximate surface area is 81.9 Å². The highest BCUT2D eigenvalue weighted by Gasteiger charge is 2.51. The average molecular weight is 198 g/mol. The highest BCUT2D eigenvalue weighted by Crippen LogP contribution is 2.50. The first-order valence-electron chi connectivity index (χ1n) is 5.07. The van der Waals surface area contributed by atoms with Crippen LogP contribution in [0.3, 0.4) is 0 Å². The van der Waals surface area contributed by atoms with Crippen molar-refractivity contribution in [1.29, 1.82) is 0 Å². The van der Waals surface area contributed by atoms with Gasteiger partial charge in [0.2, 0.25) is 0 Å². The quantitative estimate of drug-likeness (QED) is 0.699. The largest absolute Gasteiger partial charge is 0.481 e. The van der Waals surface area contributed by atoms with Crippen molar-refractivity contribution in [2.24, 2.45) is 23.7 Å². The molecule has 0 saturated heterocycles. The summed E-state index contributed by atoms with van der Waals surface area (Å²) in [6.45, 7) is 0. The highest BCUT2D eigenvalue weighted by molar-refractivity contribution is 5.76. The zero-order valence-corrected chi connectivity index (χ0v) is 7.85. The number of hydrogen-bond acceptors (Lipinski definition) is 2. The van der Waals surface area contributed by atoms with E-state index in [0.29, 0.717) is 6.42 Å². The van der Waals surface area contributed by atoms with Crippen molar-refractivity contribution in [3.8, 4) is 0 Å². The minimum absolute atomic E-state index is 0.119. The molecule has 78 valence electrons. The fourth-order valence-electron chi connectivity index (χ4n) is 3.21. The molecule has 2 fully saturated rings. The molecule has 2 N–H and O–H groups in total. The first-order valence-corrected chi connectivity index (χ1v) is 5.07. The Kier molecular flexibility index (Phi) is 2.21. The van der Waals surface area contributed by atoms with Crippen LogP contribution in [0.4, 0.5) is 0 Å². The van der Waals surface area contributed by atoms with E-state index in [9.17, 15) is 9.59 Å². The third-order valence-electron chi connectivity index (χ3n) is 3.80. The van der Waals surface area contributed by atoms with E-state index in [4.69, 9.17) is 10.2 Å². The van der Waals surface area contributed by atoms with Crippen LogP contribution >= 0.6 is 0 Å². The molecule has 0 amide bonds. The Balaban J connectivity index is 2.19. The third-order valence-corrected chi connectivity index (χ3v) is 3.80. The van der Waals surface area contributed by atoms with E-state index in [0.717, 1.165) is 19.3 Å². The molecule has 2 aliphatic rings. The van der Waals surface area contributed by atoms with Crippen molar-refractivity contribution in [2.45, 2.75) is 25.7 Å². The van der Waals surface area contributed by atoms with Gasteiger partial charge < -0.3 is 10.2 Å². The molecule has 0 aromatic heterocycles. The van der Waals surface area contributed by atoms with Crippen LogP contribution in [0.5, 0.6) is 0 Å². The van der Waals surface area contributed by atoms with Crippen molar-refractivity contribution < 1.29 is 19.8 Å². The standard InChI is InChI=1S/C10H14O4/c11-9(12)7-4-8(10(13)14)6-3-1-2-5(6)7/h5-8H,1-4H2,(H,11,12)(H,13,14)/t5-,6+,7?,8?. The van der Waals surface area contributed by atoms with Gasteiger partial charge in [-0.3, -0.25) is 9.59 Å². The van der Waals surface area contributed by atoms with Crippen molar-refractivity contribution in [3.05, 3.63) is 0 Å². The number of hydrogen-bond donors (Lipinski definition) is 2. The normalized spacial score (nSPS) is 40.9. The van der Waals surface area contributed by atoms with Gasteiger partial charge in [0.25, 0.3) is 0 Å². The molecule has 2 unspecified atom stereocenters. The van der Waals surface area contributed by atoms with Crippen LogP contribution in [-0.2, 0) is 9.59 Å². The molecule has 0 aliphatic heterocycles. The Morgan fingerprint density at radius 3 is 1.71 bits per heavy atom. The molecule has 14 heavy (non-hydrogen) atoms. The lowest BCUT2D eigenvalue weighted by Crippen LogP contribution is -2.19. The van der Waals surface area contributed by atoms with E-state index in [-0.39, 0.29) is 11.8 Å². The topological polar surface area (TPSA) is 74.6 Å². The van der Waals surface area contributed by atoms with Crippen molar-refractivity contribution in [2.75, 3.05) is 0 Å². The predicted octanol–water partition coefficient (Wildman–Crippen LogP) is 1.21. The summed E-state index contributed by atoms with van der Waals surface area (Å²) in [5.74, 6) is -2.22. The van der Waals surface area contributed by atoms with Crippen LogP contribution in [0.1, 0.15) is 25.7 Å². The highest BCUT2D eigenvalue weighted by atomic mass is 16.4. The second-order valence-electron chi connectivity index (χ2n) is 4.38. The van der Waals surface area contributed by atoms with Crippen LogP contribution in [0.2, 0.25) is 0 Å². The van der Waals surface area contributed by atoms with Crippen molar-refractivity contribution in [3.63, 3.8) is 0 Å². The SMILES string of the molecule is O=C(O)C1CC(C(=O)O)[C@@H]2CCC[C@H]12. The number of rotatable bonds is 2. The average Bonchev–Trinajstić information content (AvgIpc) is 2.59. The second-order valence-corrected chi connectivity index (χ2v) is 4.38. The van der Waals surface area contributed by atoms with Gasteiger partial charge in [-0.1, -0.05) is 6.42 Å². The van der Waals surface area contributed by atoms with Gasteiger partial charge in [0.05, 0.1) is 11.8 Å². The van der Waals surface area contributed by atoms with Crippen LogP contribution in [0.15, 0.2) is 0 Å². The maximum atomic E-state index is 10.9. The summed E-state index contributed by atoms with van der Waals surface area (Å²) in [5.41, 5.74) is 0. The molecule has 2 aliphatic carbocycles. The molecule has 4 atom stereocenters. The maximum absolute atomic E-state index is 10.9. The number of carboxylic acids is 2. The van der Waals surface area contributed by atoms with Gasteiger partial charge in [0.15, 0.2) is 0 Å². The monoisotopic (exact) mass is 198 g/mol. The van der Waals surface area contributed by atoms with Crippen LogP contribution < -0.4 is 0 Å². The first kappa shape index (κ1) is 9.49. The Hall–Kier alpha value is -1.06. The molecule has 0 aromatic carbocycles. The van der Waals surface area contributed by atoms with E-state index in [2.05, 4.69) is 0 Å². The van der Waals surface area contributed by atoms with E-state index < -0.39 is 23.8 Å². The summed E-state index contributed by atoms with van der Waals surface area (Å²) < 4.78 is 0. The molecule has 0 radical (unpaired) electrons. The molecule has 4 heteroatoms. The number of fused-ring (bicyclic) bond motifs is 1. The summed E-state index contributed by atoms with van der Waals surface area (Å²) >= 11 is 0. The van der Waals surface area contributed by atoms with E-state index in [1.807, 2.05) is 0 Å². The smallest absolute Gasteiger partial charge is 0.306 e. The number of carbonyl (C=O) groups is 2. The van der Waals surface area contributed by atoms with Crippen molar-refractivity contribution >= 4 is 11.9 Å². The summed E-state index contributed by atoms with van der Waals surface area (Å²) in [5, 5.41) is 17.9. The molecule has 0 spiro atoms. The van der Waals surface area contributed by atoms with Crippen LogP contribution in [0.25, 0.3) is 0 Å². The van der Waals surface area contributed by atoms with Crippen LogP contribution in [-0.4, -0.2) is 22.2 Å². The molecule has 0 aromatic rings. The van der Waals surface area contributed by atoms with Crippen LogP contribution in [0, 0.1) is 23.7 Å². The lowest BCUT2D eigenvalue weighted by atomic mass is 9.90. The van der Waals surface area contributed by atoms with Gasteiger partial charge >= 0.3 is 11.9 Å². The summed E-state index contributed by atoms with van der Waals surface area (Å²) in [6, 6.07) is 0. The van der Waals surface area contributed by atoms with Crippen molar-refractivity contribution in [1.82, 2.24) is 0 Å². The van der Waals surface area contributed by atoms with E-state index in [1.165, 1.54) is 0 Å². The molecular weight excluding hydrogens is 184 g/mol. The third kappa shape index (κ3) is 1.29.